The topological polar surface area (TPSA) is 117 Å². The Bertz CT molecular complexity index is 1280. The lowest BCUT2D eigenvalue weighted by Gasteiger charge is -2.15. The number of nitrogens with two attached hydrogens (primary N) is 2. The fourth-order valence-corrected chi connectivity index (χ4v) is 4.88. The molecule has 1 aliphatic carbocycles. The van der Waals surface area contributed by atoms with Crippen LogP contribution in [0.3, 0.4) is 0 Å². The standard InChI is InChI=1S/C26H31N7O/c1-34-21-9-5-4-8-20(21)18-12-10-17(11-13-18)16-29-24-23-25(32-26(28)31-24)33(19-6-2-3-7-19)22(30-23)14-15-27/h4-5,8-13,19H,2-3,6-7,14-16,27H2,1H3,(H3,28,29,31,32). The maximum Gasteiger partial charge on any atom is 0.224 e. The first-order valence-electron chi connectivity index (χ1n) is 11.9. The predicted molar refractivity (Wildman–Crippen MR) is 136 cm³/mol. The van der Waals surface area contributed by atoms with E-state index in [9.17, 15) is 0 Å². The molecule has 1 aliphatic rings. The molecule has 2 aromatic heterocycles. The summed E-state index contributed by atoms with van der Waals surface area (Å²) in [7, 11) is 1.69. The van der Waals surface area contributed by atoms with Crippen molar-refractivity contribution < 1.29 is 4.74 Å². The number of ether oxygens (including phenoxy) is 1. The summed E-state index contributed by atoms with van der Waals surface area (Å²) in [6.45, 7) is 1.14. The lowest BCUT2D eigenvalue weighted by atomic mass is 10.0. The van der Waals surface area contributed by atoms with Crippen LogP contribution in [-0.2, 0) is 13.0 Å². The lowest BCUT2D eigenvalue weighted by molar-refractivity contribution is 0.416. The summed E-state index contributed by atoms with van der Waals surface area (Å²) >= 11 is 0. The third kappa shape index (κ3) is 4.28. The zero-order valence-corrected chi connectivity index (χ0v) is 19.5. The summed E-state index contributed by atoms with van der Waals surface area (Å²) in [4.78, 5) is 14.0. The highest BCUT2D eigenvalue weighted by atomic mass is 16.5. The van der Waals surface area contributed by atoms with Crippen LogP contribution in [0.2, 0.25) is 0 Å². The number of fused-ring (bicyclic) bond motifs is 1. The summed E-state index contributed by atoms with van der Waals surface area (Å²) < 4.78 is 7.75. The van der Waals surface area contributed by atoms with Gasteiger partial charge in [-0.05, 0) is 36.6 Å². The zero-order chi connectivity index (χ0) is 23.5. The van der Waals surface area contributed by atoms with Gasteiger partial charge in [0.2, 0.25) is 5.95 Å². The highest BCUT2D eigenvalue weighted by Gasteiger charge is 2.25. The van der Waals surface area contributed by atoms with Gasteiger partial charge in [-0.2, -0.15) is 9.97 Å². The molecule has 4 aromatic rings. The molecule has 5 N–H and O–H groups in total. The quantitative estimate of drug-likeness (QED) is 0.361. The van der Waals surface area contributed by atoms with Gasteiger partial charge in [0.05, 0.1) is 7.11 Å². The second-order valence-corrected chi connectivity index (χ2v) is 8.73. The Kier molecular flexibility index (Phi) is 6.31. The van der Waals surface area contributed by atoms with Crippen LogP contribution in [0.1, 0.15) is 43.1 Å². The van der Waals surface area contributed by atoms with Crippen LogP contribution >= 0.6 is 0 Å². The van der Waals surface area contributed by atoms with Gasteiger partial charge in [-0.15, -0.1) is 0 Å². The number of imidazole rings is 1. The van der Waals surface area contributed by atoms with Gasteiger partial charge in [0, 0.05) is 24.6 Å². The monoisotopic (exact) mass is 457 g/mol. The molecule has 0 aliphatic heterocycles. The highest BCUT2D eigenvalue weighted by molar-refractivity contribution is 5.85. The number of anilines is 2. The van der Waals surface area contributed by atoms with Crippen LogP contribution < -0.4 is 21.5 Å². The van der Waals surface area contributed by atoms with Gasteiger partial charge in [-0.3, -0.25) is 0 Å². The largest absolute Gasteiger partial charge is 0.496 e. The second kappa shape index (κ2) is 9.69. The Labute approximate surface area is 199 Å². The minimum atomic E-state index is 0.250. The van der Waals surface area contributed by atoms with Crippen molar-refractivity contribution in [2.75, 3.05) is 24.7 Å². The minimum absolute atomic E-state index is 0.250. The normalized spacial score (nSPS) is 14.1. The Morgan fingerprint density at radius 2 is 1.79 bits per heavy atom. The molecule has 2 aromatic carbocycles. The van der Waals surface area contributed by atoms with Gasteiger partial charge < -0.3 is 26.1 Å². The van der Waals surface area contributed by atoms with E-state index in [1.807, 2.05) is 18.2 Å². The van der Waals surface area contributed by atoms with Gasteiger partial charge in [0.1, 0.15) is 11.6 Å². The number of aromatic nitrogens is 4. The van der Waals surface area contributed by atoms with Crippen molar-refractivity contribution in [2.45, 2.75) is 44.7 Å². The Hall–Kier alpha value is -3.65. The first kappa shape index (κ1) is 22.2. The molecule has 8 heteroatoms. The number of hydrogen-bond acceptors (Lipinski definition) is 7. The summed E-state index contributed by atoms with van der Waals surface area (Å²) in [5.41, 5.74) is 16.9. The van der Waals surface area contributed by atoms with Crippen molar-refractivity contribution in [1.29, 1.82) is 0 Å². The molecule has 1 fully saturated rings. The molecule has 0 spiro atoms. The summed E-state index contributed by atoms with van der Waals surface area (Å²) in [5.74, 6) is 2.73. The van der Waals surface area contributed by atoms with Crippen LogP contribution in [0.5, 0.6) is 5.75 Å². The van der Waals surface area contributed by atoms with Crippen molar-refractivity contribution >= 4 is 22.9 Å². The fourth-order valence-electron chi connectivity index (χ4n) is 4.88. The third-order valence-corrected chi connectivity index (χ3v) is 6.52. The SMILES string of the molecule is COc1ccccc1-c1ccc(CNc2nc(N)nc3c2nc(CCN)n3C2CCCC2)cc1. The third-order valence-electron chi connectivity index (χ3n) is 6.52. The molecule has 34 heavy (non-hydrogen) atoms. The van der Waals surface area contributed by atoms with Gasteiger partial charge in [-0.1, -0.05) is 55.3 Å². The fraction of sp³-hybridized carbons (Fsp3) is 0.346. The molecule has 0 saturated heterocycles. The van der Waals surface area contributed by atoms with E-state index in [0.717, 1.165) is 52.3 Å². The number of nitrogens with zero attached hydrogens (tertiary/aromatic N) is 4. The van der Waals surface area contributed by atoms with Crippen molar-refractivity contribution in [3.05, 3.63) is 59.9 Å². The molecule has 8 nitrogen and oxygen atoms in total. The Morgan fingerprint density at radius 1 is 1.03 bits per heavy atom. The number of benzene rings is 2. The molecule has 0 bridgehead atoms. The average molecular weight is 458 g/mol. The lowest BCUT2D eigenvalue weighted by Crippen LogP contribution is -2.14. The molecular formula is C26H31N7O. The molecule has 0 unspecified atom stereocenters. The maximum absolute atomic E-state index is 6.12. The van der Waals surface area contributed by atoms with Crippen molar-refractivity contribution in [3.63, 3.8) is 0 Å². The molecule has 0 atom stereocenters. The van der Waals surface area contributed by atoms with E-state index in [0.29, 0.717) is 31.4 Å². The number of nitrogen functional groups attached to an aromatic ring is 1. The van der Waals surface area contributed by atoms with Crippen LogP contribution in [0.4, 0.5) is 11.8 Å². The van der Waals surface area contributed by atoms with Crippen LogP contribution in [-0.4, -0.2) is 33.2 Å². The van der Waals surface area contributed by atoms with Crippen LogP contribution in [0.25, 0.3) is 22.3 Å². The molecular weight excluding hydrogens is 426 g/mol. The summed E-state index contributed by atoms with van der Waals surface area (Å²) in [5, 5.41) is 3.44. The van der Waals surface area contributed by atoms with E-state index in [-0.39, 0.29) is 5.95 Å². The van der Waals surface area contributed by atoms with Gasteiger partial charge in [-0.25, -0.2) is 4.98 Å². The first-order valence-corrected chi connectivity index (χ1v) is 11.9. The number of para-hydroxylation sites is 1. The molecule has 0 radical (unpaired) electrons. The van der Waals surface area contributed by atoms with Gasteiger partial charge >= 0.3 is 0 Å². The molecule has 5 rings (SSSR count). The maximum atomic E-state index is 6.12. The van der Waals surface area contributed by atoms with Crippen LogP contribution in [0.15, 0.2) is 48.5 Å². The average Bonchev–Trinajstić information content (AvgIpc) is 3.51. The summed E-state index contributed by atoms with van der Waals surface area (Å²) in [6, 6.07) is 16.8. The van der Waals surface area contributed by atoms with E-state index in [1.54, 1.807) is 7.11 Å². The van der Waals surface area contributed by atoms with Crippen molar-refractivity contribution in [1.82, 2.24) is 19.5 Å². The highest BCUT2D eigenvalue weighted by Crippen LogP contribution is 2.35. The zero-order valence-electron chi connectivity index (χ0n) is 19.5. The first-order chi connectivity index (χ1) is 16.7. The predicted octanol–water partition coefficient (Wildman–Crippen LogP) is 4.31. The molecule has 2 heterocycles. The van der Waals surface area contributed by atoms with E-state index in [1.165, 1.54) is 12.8 Å². The summed E-state index contributed by atoms with van der Waals surface area (Å²) in [6.07, 6.45) is 5.42. The smallest absolute Gasteiger partial charge is 0.224 e. The Morgan fingerprint density at radius 3 is 2.53 bits per heavy atom. The van der Waals surface area contributed by atoms with Crippen molar-refractivity contribution in [3.8, 4) is 16.9 Å². The van der Waals surface area contributed by atoms with Gasteiger partial charge in [0.25, 0.3) is 0 Å². The Balaban J connectivity index is 1.41. The molecule has 1 saturated carbocycles. The minimum Gasteiger partial charge on any atom is -0.496 e. The number of hydrogen-bond donors (Lipinski definition) is 3. The second-order valence-electron chi connectivity index (χ2n) is 8.73. The van der Waals surface area contributed by atoms with E-state index in [4.69, 9.17) is 21.2 Å². The number of rotatable bonds is 8. The number of methoxy groups -OCH3 is 1. The van der Waals surface area contributed by atoms with Crippen molar-refractivity contribution in [2.24, 2.45) is 5.73 Å². The van der Waals surface area contributed by atoms with E-state index < -0.39 is 0 Å². The van der Waals surface area contributed by atoms with E-state index >= 15 is 0 Å². The number of nitrogens with one attached hydrogen (secondary N) is 1. The van der Waals surface area contributed by atoms with Gasteiger partial charge in [0.15, 0.2) is 17.0 Å². The van der Waals surface area contributed by atoms with E-state index in [2.05, 4.69) is 50.2 Å². The van der Waals surface area contributed by atoms with Crippen LogP contribution in [0, 0.1) is 0 Å². The molecule has 176 valence electrons. The molecule has 0 amide bonds.